The third-order valence-electron chi connectivity index (χ3n) is 2.60. The van der Waals surface area contributed by atoms with Gasteiger partial charge < -0.3 is 4.74 Å². The van der Waals surface area contributed by atoms with Gasteiger partial charge in [0.1, 0.15) is 0 Å². The maximum absolute atomic E-state index is 8.91. The SMILES string of the molecule is C=C(CCCC)COCC(C#N)CCCC. The Balaban J connectivity index is 3.54. The van der Waals surface area contributed by atoms with E-state index in [0.717, 1.165) is 31.3 Å². The van der Waals surface area contributed by atoms with Gasteiger partial charge in [0.2, 0.25) is 0 Å². The van der Waals surface area contributed by atoms with E-state index in [-0.39, 0.29) is 5.92 Å². The first-order valence-corrected chi connectivity index (χ1v) is 6.38. The highest BCUT2D eigenvalue weighted by Gasteiger charge is 2.06. The summed E-state index contributed by atoms with van der Waals surface area (Å²) in [5.41, 5.74) is 1.15. The van der Waals surface area contributed by atoms with Crippen molar-refractivity contribution in [3.63, 3.8) is 0 Å². The number of ether oxygens (including phenoxy) is 1. The third kappa shape index (κ3) is 8.49. The number of nitriles is 1. The number of nitrogens with zero attached hydrogens (tertiary/aromatic N) is 1. The molecule has 0 saturated heterocycles. The molecule has 0 aliphatic heterocycles. The van der Waals surface area contributed by atoms with Gasteiger partial charge in [-0.25, -0.2) is 0 Å². The molecule has 2 nitrogen and oxygen atoms in total. The number of hydrogen-bond donors (Lipinski definition) is 0. The van der Waals surface area contributed by atoms with Gasteiger partial charge in [0, 0.05) is 0 Å². The highest BCUT2D eigenvalue weighted by molar-refractivity contribution is 4.94. The van der Waals surface area contributed by atoms with E-state index in [9.17, 15) is 0 Å². The van der Waals surface area contributed by atoms with E-state index in [2.05, 4.69) is 26.5 Å². The predicted molar refractivity (Wildman–Crippen MR) is 68.1 cm³/mol. The van der Waals surface area contributed by atoms with Crippen LogP contribution in [0.4, 0.5) is 0 Å². The predicted octanol–water partition coefficient (Wildman–Crippen LogP) is 4.08. The Morgan fingerprint density at radius 1 is 1.31 bits per heavy atom. The van der Waals surface area contributed by atoms with Crippen LogP contribution in [0.5, 0.6) is 0 Å². The maximum atomic E-state index is 8.91. The van der Waals surface area contributed by atoms with Crippen LogP contribution in [0.1, 0.15) is 52.4 Å². The first-order valence-electron chi connectivity index (χ1n) is 6.38. The topological polar surface area (TPSA) is 33.0 Å². The molecule has 0 aliphatic carbocycles. The average molecular weight is 223 g/mol. The van der Waals surface area contributed by atoms with Crippen LogP contribution in [0, 0.1) is 17.2 Å². The van der Waals surface area contributed by atoms with E-state index >= 15 is 0 Å². The quantitative estimate of drug-likeness (QED) is 0.523. The van der Waals surface area contributed by atoms with Crippen LogP contribution in [0.15, 0.2) is 12.2 Å². The molecule has 0 heterocycles. The second-order valence-corrected chi connectivity index (χ2v) is 4.34. The largest absolute Gasteiger partial charge is 0.376 e. The molecule has 0 aliphatic rings. The molecule has 1 unspecified atom stereocenters. The Kier molecular flexibility index (Phi) is 10.2. The second-order valence-electron chi connectivity index (χ2n) is 4.34. The van der Waals surface area contributed by atoms with Crippen molar-refractivity contribution < 1.29 is 4.74 Å². The summed E-state index contributed by atoms with van der Waals surface area (Å²) in [5.74, 6) is 0.0546. The minimum absolute atomic E-state index is 0.0546. The van der Waals surface area contributed by atoms with Crippen molar-refractivity contribution in [3.8, 4) is 6.07 Å². The molecule has 0 aromatic carbocycles. The van der Waals surface area contributed by atoms with E-state index in [1.54, 1.807) is 0 Å². The van der Waals surface area contributed by atoms with Gasteiger partial charge in [-0.2, -0.15) is 5.26 Å². The fraction of sp³-hybridized carbons (Fsp3) is 0.786. The lowest BCUT2D eigenvalue weighted by Crippen LogP contribution is -2.09. The third-order valence-corrected chi connectivity index (χ3v) is 2.60. The van der Waals surface area contributed by atoms with Gasteiger partial charge in [0.25, 0.3) is 0 Å². The van der Waals surface area contributed by atoms with Gasteiger partial charge in [-0.05, 0) is 19.3 Å². The summed E-state index contributed by atoms with van der Waals surface area (Å²) in [7, 11) is 0. The molecule has 0 fully saturated rings. The monoisotopic (exact) mass is 223 g/mol. The Hall–Kier alpha value is -0.810. The number of unbranched alkanes of at least 4 members (excludes halogenated alkanes) is 2. The summed E-state index contributed by atoms with van der Waals surface area (Å²) >= 11 is 0. The molecule has 0 rings (SSSR count). The van der Waals surface area contributed by atoms with Crippen LogP contribution >= 0.6 is 0 Å². The van der Waals surface area contributed by atoms with E-state index < -0.39 is 0 Å². The highest BCUT2D eigenvalue weighted by Crippen LogP contribution is 2.10. The molecular formula is C14H25NO. The smallest absolute Gasteiger partial charge is 0.0697 e. The van der Waals surface area contributed by atoms with Crippen LogP contribution in [0.3, 0.4) is 0 Å². The van der Waals surface area contributed by atoms with Crippen molar-refractivity contribution in [3.05, 3.63) is 12.2 Å². The zero-order chi connectivity index (χ0) is 12.2. The van der Waals surface area contributed by atoms with Crippen molar-refractivity contribution in [2.75, 3.05) is 13.2 Å². The van der Waals surface area contributed by atoms with Gasteiger partial charge in [-0.15, -0.1) is 0 Å². The molecule has 0 spiro atoms. The van der Waals surface area contributed by atoms with E-state index in [4.69, 9.17) is 10.00 Å². The Morgan fingerprint density at radius 3 is 2.56 bits per heavy atom. The minimum atomic E-state index is 0.0546. The lowest BCUT2D eigenvalue weighted by atomic mass is 10.1. The first kappa shape index (κ1) is 15.2. The van der Waals surface area contributed by atoms with Crippen molar-refractivity contribution in [2.24, 2.45) is 5.92 Å². The summed E-state index contributed by atoms with van der Waals surface area (Å²) in [6, 6.07) is 2.30. The Bertz CT molecular complexity index is 217. The van der Waals surface area contributed by atoms with Crippen molar-refractivity contribution in [1.29, 1.82) is 5.26 Å². The van der Waals surface area contributed by atoms with Crippen LogP contribution in [-0.4, -0.2) is 13.2 Å². The maximum Gasteiger partial charge on any atom is 0.0697 e. The van der Waals surface area contributed by atoms with Crippen molar-refractivity contribution in [2.45, 2.75) is 52.4 Å². The van der Waals surface area contributed by atoms with Gasteiger partial charge in [-0.3, -0.25) is 0 Å². The van der Waals surface area contributed by atoms with E-state index in [1.165, 1.54) is 12.8 Å². The summed E-state index contributed by atoms with van der Waals surface area (Å²) in [6.07, 6.45) is 6.62. The average Bonchev–Trinajstić information content (AvgIpc) is 2.30. The summed E-state index contributed by atoms with van der Waals surface area (Å²) < 4.78 is 5.52. The lowest BCUT2D eigenvalue weighted by Gasteiger charge is -2.10. The molecule has 0 radical (unpaired) electrons. The molecule has 0 bridgehead atoms. The zero-order valence-electron chi connectivity index (χ0n) is 10.8. The van der Waals surface area contributed by atoms with E-state index in [0.29, 0.717) is 13.2 Å². The summed E-state index contributed by atoms with van der Waals surface area (Å²) in [5, 5.41) is 8.91. The first-order chi connectivity index (χ1) is 7.74. The lowest BCUT2D eigenvalue weighted by molar-refractivity contribution is 0.129. The van der Waals surface area contributed by atoms with Gasteiger partial charge in [0.15, 0.2) is 0 Å². The molecule has 0 aromatic heterocycles. The second kappa shape index (κ2) is 10.7. The normalized spacial score (nSPS) is 12.1. The fourth-order valence-electron chi connectivity index (χ4n) is 1.48. The standard InChI is InChI=1S/C14H25NO/c1-4-6-8-13(3)11-16-12-14(10-15)9-7-5-2/h14H,3-9,11-12H2,1-2H3. The molecule has 0 aromatic rings. The Labute approximate surface area is 100 Å². The van der Waals surface area contributed by atoms with E-state index in [1.807, 2.05) is 0 Å². The summed E-state index contributed by atoms with van der Waals surface area (Å²) in [4.78, 5) is 0. The number of hydrogen-bond acceptors (Lipinski definition) is 2. The Morgan fingerprint density at radius 2 is 2.00 bits per heavy atom. The van der Waals surface area contributed by atoms with Crippen LogP contribution in [0.25, 0.3) is 0 Å². The van der Waals surface area contributed by atoms with Crippen molar-refractivity contribution in [1.82, 2.24) is 0 Å². The molecule has 2 heteroatoms. The van der Waals surface area contributed by atoms with Gasteiger partial charge in [-0.1, -0.05) is 45.3 Å². The molecule has 1 atom stereocenters. The van der Waals surface area contributed by atoms with Crippen LogP contribution in [-0.2, 0) is 4.74 Å². The van der Waals surface area contributed by atoms with Gasteiger partial charge in [0.05, 0.1) is 25.2 Å². The molecule has 0 N–H and O–H groups in total. The van der Waals surface area contributed by atoms with Crippen LogP contribution < -0.4 is 0 Å². The van der Waals surface area contributed by atoms with Gasteiger partial charge >= 0.3 is 0 Å². The highest BCUT2D eigenvalue weighted by atomic mass is 16.5. The van der Waals surface area contributed by atoms with Crippen LogP contribution in [0.2, 0.25) is 0 Å². The molecule has 92 valence electrons. The van der Waals surface area contributed by atoms with Crippen molar-refractivity contribution >= 4 is 0 Å². The number of rotatable bonds is 10. The minimum Gasteiger partial charge on any atom is -0.376 e. The fourth-order valence-corrected chi connectivity index (χ4v) is 1.48. The molecule has 0 saturated carbocycles. The molecule has 0 amide bonds. The summed E-state index contributed by atoms with van der Waals surface area (Å²) in [6.45, 7) is 9.45. The molecule has 16 heavy (non-hydrogen) atoms. The molecular weight excluding hydrogens is 198 g/mol. The zero-order valence-corrected chi connectivity index (χ0v) is 10.8.